The fourth-order valence-corrected chi connectivity index (χ4v) is 3.27. The summed E-state index contributed by atoms with van der Waals surface area (Å²) >= 11 is 0. The molecule has 3 rings (SSSR count). The summed E-state index contributed by atoms with van der Waals surface area (Å²) in [6.45, 7) is 8.12. The molecule has 0 aromatic carbocycles. The van der Waals surface area contributed by atoms with Crippen LogP contribution in [0.2, 0.25) is 0 Å². The summed E-state index contributed by atoms with van der Waals surface area (Å²) < 4.78 is 18.9. The molecule has 4 heteroatoms. The molecule has 21 heavy (non-hydrogen) atoms. The van der Waals surface area contributed by atoms with Crippen LogP contribution in [0.1, 0.15) is 55.5 Å². The normalized spacial score (nSPS) is 26.9. The van der Waals surface area contributed by atoms with Crippen LogP contribution < -0.4 is 0 Å². The van der Waals surface area contributed by atoms with Gasteiger partial charge in [0.15, 0.2) is 0 Å². The van der Waals surface area contributed by atoms with Gasteiger partial charge in [0.05, 0.1) is 12.3 Å². The van der Waals surface area contributed by atoms with E-state index in [0.717, 1.165) is 44.1 Å². The van der Waals surface area contributed by atoms with Crippen molar-refractivity contribution < 1.29 is 9.13 Å². The van der Waals surface area contributed by atoms with E-state index in [9.17, 15) is 4.39 Å². The first kappa shape index (κ1) is 14.9. The third kappa shape index (κ3) is 3.43. The Balaban J connectivity index is 1.84. The van der Waals surface area contributed by atoms with Gasteiger partial charge < -0.3 is 4.74 Å². The zero-order valence-corrected chi connectivity index (χ0v) is 13.0. The second-order valence-electron chi connectivity index (χ2n) is 6.61. The van der Waals surface area contributed by atoms with Crippen molar-refractivity contribution in [3.8, 4) is 0 Å². The maximum Gasteiger partial charge on any atom is 0.114 e. The molecule has 3 nitrogen and oxygen atoms in total. The lowest BCUT2D eigenvalue weighted by Gasteiger charge is -2.20. The van der Waals surface area contributed by atoms with Gasteiger partial charge in [-0.1, -0.05) is 19.9 Å². The zero-order chi connectivity index (χ0) is 14.8. The summed E-state index contributed by atoms with van der Waals surface area (Å²) in [6, 6.07) is 4.36. The number of pyridine rings is 1. The van der Waals surface area contributed by atoms with E-state index in [0.29, 0.717) is 24.8 Å². The minimum atomic E-state index is -0.670. The SMILES string of the molecule is CC(C)c1ccc([C@@H]2CCOC2)c(CN2CC[C@H](F)C2)n1. The molecule has 0 radical (unpaired) electrons. The first-order valence-corrected chi connectivity index (χ1v) is 8.07. The molecule has 0 unspecified atom stereocenters. The number of alkyl halides is 1. The monoisotopic (exact) mass is 292 g/mol. The van der Waals surface area contributed by atoms with E-state index in [4.69, 9.17) is 9.72 Å². The quantitative estimate of drug-likeness (QED) is 0.852. The summed E-state index contributed by atoms with van der Waals surface area (Å²) in [5, 5.41) is 0. The Labute approximate surface area is 126 Å². The van der Waals surface area contributed by atoms with Gasteiger partial charge in [-0.25, -0.2) is 4.39 Å². The Morgan fingerprint density at radius 1 is 1.38 bits per heavy atom. The van der Waals surface area contributed by atoms with Gasteiger partial charge in [0.25, 0.3) is 0 Å². The summed E-state index contributed by atoms with van der Waals surface area (Å²) in [5.74, 6) is 0.877. The number of likely N-dealkylation sites (tertiary alicyclic amines) is 1. The van der Waals surface area contributed by atoms with E-state index in [1.54, 1.807) is 0 Å². The van der Waals surface area contributed by atoms with Crippen molar-refractivity contribution in [2.45, 2.75) is 51.2 Å². The summed E-state index contributed by atoms with van der Waals surface area (Å²) in [5.41, 5.74) is 3.56. The van der Waals surface area contributed by atoms with Gasteiger partial charge in [-0.15, -0.1) is 0 Å². The second-order valence-corrected chi connectivity index (χ2v) is 6.61. The van der Waals surface area contributed by atoms with Crippen LogP contribution in [0, 0.1) is 0 Å². The van der Waals surface area contributed by atoms with E-state index in [-0.39, 0.29) is 0 Å². The van der Waals surface area contributed by atoms with Gasteiger partial charge in [0.2, 0.25) is 0 Å². The van der Waals surface area contributed by atoms with E-state index in [1.807, 2.05) is 0 Å². The molecule has 2 saturated heterocycles. The average Bonchev–Trinajstić information content (AvgIpc) is 3.10. The topological polar surface area (TPSA) is 25.4 Å². The molecule has 116 valence electrons. The Kier molecular flexibility index (Phi) is 4.55. The van der Waals surface area contributed by atoms with E-state index < -0.39 is 6.17 Å². The molecule has 0 N–H and O–H groups in total. The molecule has 0 saturated carbocycles. The minimum Gasteiger partial charge on any atom is -0.381 e. The van der Waals surface area contributed by atoms with Crippen LogP contribution in [0.3, 0.4) is 0 Å². The largest absolute Gasteiger partial charge is 0.381 e. The average molecular weight is 292 g/mol. The van der Waals surface area contributed by atoms with Crippen LogP contribution >= 0.6 is 0 Å². The second kappa shape index (κ2) is 6.41. The molecule has 1 aromatic rings. The smallest absolute Gasteiger partial charge is 0.114 e. The molecule has 1 aromatic heterocycles. The van der Waals surface area contributed by atoms with Crippen molar-refractivity contribution >= 4 is 0 Å². The highest BCUT2D eigenvalue weighted by Gasteiger charge is 2.26. The molecular formula is C17H25FN2O. The van der Waals surface area contributed by atoms with Crippen molar-refractivity contribution in [2.24, 2.45) is 0 Å². The number of hydrogen-bond donors (Lipinski definition) is 0. The molecular weight excluding hydrogens is 267 g/mol. The molecule has 3 heterocycles. The summed E-state index contributed by atoms with van der Waals surface area (Å²) in [6.07, 6.45) is 1.06. The number of halogens is 1. The molecule has 2 aliphatic heterocycles. The molecule has 0 bridgehead atoms. The van der Waals surface area contributed by atoms with Crippen LogP contribution in [-0.2, 0) is 11.3 Å². The minimum absolute atomic E-state index is 0.421. The Morgan fingerprint density at radius 3 is 2.86 bits per heavy atom. The predicted molar refractivity (Wildman–Crippen MR) is 81.3 cm³/mol. The van der Waals surface area contributed by atoms with E-state index in [2.05, 4.69) is 30.9 Å². The molecule has 0 spiro atoms. The number of nitrogens with zero attached hydrogens (tertiary/aromatic N) is 2. The first-order valence-electron chi connectivity index (χ1n) is 8.07. The highest BCUT2D eigenvalue weighted by Crippen LogP contribution is 2.30. The molecule has 2 atom stereocenters. The fraction of sp³-hybridized carbons (Fsp3) is 0.706. The highest BCUT2D eigenvalue weighted by molar-refractivity contribution is 5.29. The lowest BCUT2D eigenvalue weighted by atomic mass is 9.95. The Morgan fingerprint density at radius 2 is 2.24 bits per heavy atom. The summed E-state index contributed by atoms with van der Waals surface area (Å²) in [4.78, 5) is 7.08. The van der Waals surface area contributed by atoms with Gasteiger partial charge in [0.1, 0.15) is 6.17 Å². The van der Waals surface area contributed by atoms with Crippen molar-refractivity contribution in [1.82, 2.24) is 9.88 Å². The van der Waals surface area contributed by atoms with Crippen molar-refractivity contribution in [3.05, 3.63) is 29.1 Å². The molecule has 0 aliphatic carbocycles. The first-order chi connectivity index (χ1) is 10.1. The van der Waals surface area contributed by atoms with Gasteiger partial charge >= 0.3 is 0 Å². The summed E-state index contributed by atoms with van der Waals surface area (Å²) in [7, 11) is 0. The highest BCUT2D eigenvalue weighted by atomic mass is 19.1. The van der Waals surface area contributed by atoms with Crippen LogP contribution in [0.4, 0.5) is 4.39 Å². The Bertz CT molecular complexity index is 486. The van der Waals surface area contributed by atoms with Crippen molar-refractivity contribution in [3.63, 3.8) is 0 Å². The van der Waals surface area contributed by atoms with Crippen LogP contribution in [0.25, 0.3) is 0 Å². The number of hydrogen-bond acceptors (Lipinski definition) is 3. The number of rotatable bonds is 4. The predicted octanol–water partition coefficient (Wildman–Crippen LogP) is 3.25. The maximum atomic E-state index is 13.4. The number of ether oxygens (including phenoxy) is 1. The molecule has 0 amide bonds. The van der Waals surface area contributed by atoms with Crippen molar-refractivity contribution in [2.75, 3.05) is 26.3 Å². The molecule has 2 aliphatic rings. The molecule has 2 fully saturated rings. The lowest BCUT2D eigenvalue weighted by Crippen LogP contribution is -2.23. The zero-order valence-electron chi connectivity index (χ0n) is 13.0. The standard InChI is InChI=1S/C17H25FN2O/c1-12(2)16-4-3-15(13-6-8-21-11-13)17(19-16)10-20-7-5-14(18)9-20/h3-4,12-14H,5-11H2,1-2H3/t13-,14+/m1/s1. The van der Waals surface area contributed by atoms with Crippen LogP contribution in [-0.4, -0.2) is 42.4 Å². The van der Waals surface area contributed by atoms with Gasteiger partial charge in [-0.2, -0.15) is 0 Å². The fourth-order valence-electron chi connectivity index (χ4n) is 3.27. The van der Waals surface area contributed by atoms with Crippen molar-refractivity contribution in [1.29, 1.82) is 0 Å². The van der Waals surface area contributed by atoms with Gasteiger partial charge in [-0.3, -0.25) is 9.88 Å². The van der Waals surface area contributed by atoms with E-state index >= 15 is 0 Å². The maximum absolute atomic E-state index is 13.4. The van der Waals surface area contributed by atoms with Crippen LogP contribution in [0.5, 0.6) is 0 Å². The van der Waals surface area contributed by atoms with Gasteiger partial charge in [-0.05, 0) is 30.4 Å². The number of aromatic nitrogens is 1. The Hall–Kier alpha value is -1.00. The van der Waals surface area contributed by atoms with Crippen LogP contribution in [0.15, 0.2) is 12.1 Å². The lowest BCUT2D eigenvalue weighted by molar-refractivity contribution is 0.193. The van der Waals surface area contributed by atoms with E-state index in [1.165, 1.54) is 5.56 Å². The van der Waals surface area contributed by atoms with Gasteiger partial charge in [0, 0.05) is 37.9 Å². The third-order valence-electron chi connectivity index (χ3n) is 4.58. The third-order valence-corrected chi connectivity index (χ3v) is 4.58.